The maximum atomic E-state index is 11.8. The highest BCUT2D eigenvalue weighted by atomic mass is 32.1. The molecule has 0 spiro atoms. The van der Waals surface area contributed by atoms with Crippen LogP contribution >= 0.6 is 11.3 Å². The van der Waals surface area contributed by atoms with E-state index in [1.54, 1.807) is 11.7 Å². The van der Waals surface area contributed by atoms with Gasteiger partial charge in [0.1, 0.15) is 4.88 Å². The molecule has 1 aromatic heterocycles. The Morgan fingerprint density at radius 1 is 1.15 bits per heavy atom. The van der Waals surface area contributed by atoms with Gasteiger partial charge in [0.15, 0.2) is 0 Å². The molecule has 3 aromatic rings. The molecule has 20 heavy (non-hydrogen) atoms. The van der Waals surface area contributed by atoms with Gasteiger partial charge in [-0.05, 0) is 22.8 Å². The number of carbonyl (C=O) groups is 1. The number of hydrogen-bond acceptors (Lipinski definition) is 3. The molecule has 0 radical (unpaired) electrons. The number of fused-ring (bicyclic) bond motifs is 1. The lowest BCUT2D eigenvalue weighted by Gasteiger charge is -2.05. The number of rotatable bonds is 4. The van der Waals surface area contributed by atoms with E-state index in [4.69, 9.17) is 0 Å². The maximum Gasteiger partial charge on any atom is 0.263 e. The van der Waals surface area contributed by atoms with E-state index < -0.39 is 0 Å². The third kappa shape index (κ3) is 2.86. The van der Waals surface area contributed by atoms with Crippen LogP contribution in [-0.4, -0.2) is 17.4 Å². The van der Waals surface area contributed by atoms with E-state index in [9.17, 15) is 4.79 Å². The number of amides is 1. The molecule has 0 atom stereocenters. The minimum absolute atomic E-state index is 0.0479. The summed E-state index contributed by atoms with van der Waals surface area (Å²) in [6, 6.07) is 14.7. The summed E-state index contributed by atoms with van der Waals surface area (Å²) in [4.78, 5) is 16.3. The second kappa shape index (κ2) is 5.84. The average Bonchev–Trinajstić information content (AvgIpc) is 3.01. The van der Waals surface area contributed by atoms with Crippen LogP contribution in [0.1, 0.15) is 15.2 Å². The van der Waals surface area contributed by atoms with Gasteiger partial charge in [0.25, 0.3) is 5.91 Å². The van der Waals surface area contributed by atoms with Crippen molar-refractivity contribution in [1.82, 2.24) is 10.3 Å². The molecule has 0 aliphatic rings. The molecule has 4 heteroatoms. The summed E-state index contributed by atoms with van der Waals surface area (Å²) in [5.41, 5.74) is 2.89. The lowest BCUT2D eigenvalue weighted by Crippen LogP contribution is -2.24. The van der Waals surface area contributed by atoms with Crippen molar-refractivity contribution in [2.24, 2.45) is 0 Å². The predicted molar refractivity (Wildman–Crippen MR) is 82.1 cm³/mol. The first-order valence-corrected chi connectivity index (χ1v) is 7.35. The molecule has 0 unspecified atom stereocenters. The van der Waals surface area contributed by atoms with Gasteiger partial charge >= 0.3 is 0 Å². The zero-order chi connectivity index (χ0) is 13.8. The lowest BCUT2D eigenvalue weighted by molar-refractivity contribution is 0.0958. The van der Waals surface area contributed by atoms with Crippen molar-refractivity contribution in [2.45, 2.75) is 6.42 Å². The number of benzene rings is 2. The van der Waals surface area contributed by atoms with Gasteiger partial charge in [-0.15, -0.1) is 11.3 Å². The Morgan fingerprint density at radius 3 is 2.80 bits per heavy atom. The molecule has 100 valence electrons. The SMILES string of the molecule is O=C(NCCc1ccc2ccccc2c1)c1cncs1. The van der Waals surface area contributed by atoms with Crippen molar-refractivity contribution < 1.29 is 4.79 Å². The summed E-state index contributed by atoms with van der Waals surface area (Å²) in [5, 5.41) is 5.39. The van der Waals surface area contributed by atoms with Gasteiger partial charge in [-0.3, -0.25) is 9.78 Å². The Bertz CT molecular complexity index is 722. The van der Waals surface area contributed by atoms with Crippen molar-refractivity contribution >= 4 is 28.0 Å². The van der Waals surface area contributed by atoms with Crippen molar-refractivity contribution in [3.8, 4) is 0 Å². The van der Waals surface area contributed by atoms with Gasteiger partial charge in [0, 0.05) is 6.54 Å². The topological polar surface area (TPSA) is 42.0 Å². The molecule has 0 fully saturated rings. The Morgan fingerprint density at radius 2 is 2.00 bits per heavy atom. The monoisotopic (exact) mass is 282 g/mol. The summed E-state index contributed by atoms with van der Waals surface area (Å²) in [6.07, 6.45) is 2.42. The fraction of sp³-hybridized carbons (Fsp3) is 0.125. The van der Waals surface area contributed by atoms with Crippen LogP contribution in [0.5, 0.6) is 0 Å². The summed E-state index contributed by atoms with van der Waals surface area (Å²) in [5.74, 6) is -0.0479. The van der Waals surface area contributed by atoms with Crippen molar-refractivity contribution in [3.63, 3.8) is 0 Å². The Labute approximate surface area is 121 Å². The molecule has 1 heterocycles. The standard InChI is InChI=1S/C16H14N2OS/c19-16(15-10-17-11-20-15)18-8-7-12-5-6-13-3-1-2-4-14(13)9-12/h1-6,9-11H,7-8H2,(H,18,19). The largest absolute Gasteiger partial charge is 0.351 e. The van der Waals surface area contributed by atoms with E-state index in [0.29, 0.717) is 11.4 Å². The molecular formula is C16H14N2OS. The van der Waals surface area contributed by atoms with Gasteiger partial charge in [-0.25, -0.2) is 0 Å². The smallest absolute Gasteiger partial charge is 0.263 e. The first-order chi connectivity index (χ1) is 9.83. The van der Waals surface area contributed by atoms with Crippen LogP contribution in [0.4, 0.5) is 0 Å². The normalized spacial score (nSPS) is 10.6. The maximum absolute atomic E-state index is 11.8. The van der Waals surface area contributed by atoms with E-state index in [2.05, 4.69) is 40.6 Å². The number of nitrogens with one attached hydrogen (secondary N) is 1. The summed E-state index contributed by atoms with van der Waals surface area (Å²) < 4.78 is 0. The van der Waals surface area contributed by atoms with Crippen LogP contribution in [0.2, 0.25) is 0 Å². The van der Waals surface area contributed by atoms with Crippen molar-refractivity contribution in [2.75, 3.05) is 6.54 Å². The molecule has 0 bridgehead atoms. The Balaban J connectivity index is 1.61. The molecule has 0 saturated heterocycles. The first kappa shape index (κ1) is 12.8. The second-order valence-electron chi connectivity index (χ2n) is 4.55. The van der Waals surface area contributed by atoms with Gasteiger partial charge in [-0.1, -0.05) is 42.5 Å². The molecule has 1 amide bonds. The number of aromatic nitrogens is 1. The molecule has 0 aliphatic carbocycles. The molecule has 0 saturated carbocycles. The number of carbonyl (C=O) groups excluding carboxylic acids is 1. The van der Waals surface area contributed by atoms with Gasteiger partial charge in [0.2, 0.25) is 0 Å². The van der Waals surface area contributed by atoms with E-state index >= 15 is 0 Å². The number of nitrogens with zero attached hydrogens (tertiary/aromatic N) is 1. The lowest BCUT2D eigenvalue weighted by atomic mass is 10.1. The zero-order valence-electron chi connectivity index (χ0n) is 10.9. The van der Waals surface area contributed by atoms with Gasteiger partial charge in [-0.2, -0.15) is 0 Å². The quantitative estimate of drug-likeness (QED) is 0.798. The highest BCUT2D eigenvalue weighted by Gasteiger charge is 2.06. The highest BCUT2D eigenvalue weighted by Crippen LogP contribution is 2.15. The van der Waals surface area contributed by atoms with Gasteiger partial charge in [0.05, 0.1) is 11.7 Å². The molecule has 0 aliphatic heterocycles. The average molecular weight is 282 g/mol. The molecule has 3 nitrogen and oxygen atoms in total. The number of hydrogen-bond donors (Lipinski definition) is 1. The molecular weight excluding hydrogens is 268 g/mol. The highest BCUT2D eigenvalue weighted by molar-refractivity contribution is 7.11. The first-order valence-electron chi connectivity index (χ1n) is 6.47. The summed E-state index contributed by atoms with van der Waals surface area (Å²) in [7, 11) is 0. The van der Waals surface area contributed by atoms with Crippen molar-refractivity contribution in [3.05, 3.63) is 64.6 Å². The zero-order valence-corrected chi connectivity index (χ0v) is 11.7. The summed E-state index contributed by atoms with van der Waals surface area (Å²) in [6.45, 7) is 0.634. The van der Waals surface area contributed by atoms with Crippen LogP contribution in [0.15, 0.2) is 54.2 Å². The van der Waals surface area contributed by atoms with Crippen LogP contribution in [0, 0.1) is 0 Å². The van der Waals surface area contributed by atoms with Crippen LogP contribution < -0.4 is 5.32 Å². The third-order valence-electron chi connectivity index (χ3n) is 3.17. The Hall–Kier alpha value is -2.20. The van der Waals surface area contributed by atoms with E-state index in [-0.39, 0.29) is 5.91 Å². The second-order valence-corrected chi connectivity index (χ2v) is 5.44. The molecule has 1 N–H and O–H groups in total. The van der Waals surface area contributed by atoms with Crippen molar-refractivity contribution in [1.29, 1.82) is 0 Å². The van der Waals surface area contributed by atoms with E-state index in [1.807, 2.05) is 12.1 Å². The molecule has 3 rings (SSSR count). The minimum Gasteiger partial charge on any atom is -0.351 e. The Kier molecular flexibility index (Phi) is 3.74. The minimum atomic E-state index is -0.0479. The summed E-state index contributed by atoms with van der Waals surface area (Å²) >= 11 is 1.36. The van der Waals surface area contributed by atoms with E-state index in [0.717, 1.165) is 6.42 Å². The van der Waals surface area contributed by atoms with Crippen LogP contribution in [-0.2, 0) is 6.42 Å². The fourth-order valence-corrected chi connectivity index (χ4v) is 2.67. The predicted octanol–water partition coefficient (Wildman–Crippen LogP) is 3.27. The van der Waals surface area contributed by atoms with Crippen LogP contribution in [0.3, 0.4) is 0 Å². The van der Waals surface area contributed by atoms with Crippen LogP contribution in [0.25, 0.3) is 10.8 Å². The third-order valence-corrected chi connectivity index (χ3v) is 3.94. The fourth-order valence-electron chi connectivity index (χ4n) is 2.13. The molecule has 2 aromatic carbocycles. The number of thiazole rings is 1. The van der Waals surface area contributed by atoms with E-state index in [1.165, 1.54) is 27.7 Å². The van der Waals surface area contributed by atoms with Gasteiger partial charge < -0.3 is 5.32 Å².